The van der Waals surface area contributed by atoms with Gasteiger partial charge in [-0.15, -0.1) is 0 Å². The number of aromatic nitrogens is 2. The van der Waals surface area contributed by atoms with Crippen LogP contribution in [0.5, 0.6) is 0 Å². The molecule has 5 rings (SSSR count). The molecule has 2 N–H and O–H groups in total. The minimum absolute atomic E-state index is 0.519. The molecule has 1 aliphatic rings. The minimum atomic E-state index is 0.519. The third kappa shape index (κ3) is 4.01. The SMILES string of the molecule is Cc1c(Nc2c(C#N)cncc2C=Cc2ccc(CN3CCC3)cc2)ccc2[nH]ccc12. The van der Waals surface area contributed by atoms with Gasteiger partial charge in [-0.2, -0.15) is 5.26 Å². The Morgan fingerprint density at radius 2 is 1.94 bits per heavy atom. The van der Waals surface area contributed by atoms with Gasteiger partial charge in [0.05, 0.1) is 11.3 Å². The molecular weight excluding hydrogens is 394 g/mol. The van der Waals surface area contributed by atoms with Crippen LogP contribution >= 0.6 is 0 Å². The van der Waals surface area contributed by atoms with Crippen molar-refractivity contribution in [3.8, 4) is 6.07 Å². The monoisotopic (exact) mass is 419 g/mol. The highest BCUT2D eigenvalue weighted by Gasteiger charge is 2.13. The zero-order valence-electron chi connectivity index (χ0n) is 18.1. The van der Waals surface area contributed by atoms with E-state index in [0.29, 0.717) is 5.56 Å². The number of fused-ring (bicyclic) bond motifs is 1. The van der Waals surface area contributed by atoms with Crippen LogP contribution in [0.2, 0.25) is 0 Å². The summed E-state index contributed by atoms with van der Waals surface area (Å²) in [6.45, 7) is 5.52. The van der Waals surface area contributed by atoms with Crippen molar-refractivity contribution in [1.82, 2.24) is 14.9 Å². The Labute approximate surface area is 188 Å². The summed E-state index contributed by atoms with van der Waals surface area (Å²) in [5, 5.41) is 14.3. The molecule has 0 saturated carbocycles. The molecule has 0 atom stereocenters. The molecule has 0 aliphatic carbocycles. The highest BCUT2D eigenvalue weighted by Crippen LogP contribution is 2.31. The third-order valence-corrected chi connectivity index (χ3v) is 6.15. The fourth-order valence-corrected chi connectivity index (χ4v) is 4.10. The van der Waals surface area contributed by atoms with Crippen molar-refractivity contribution >= 4 is 34.4 Å². The van der Waals surface area contributed by atoms with E-state index in [4.69, 9.17) is 0 Å². The van der Waals surface area contributed by atoms with Crippen LogP contribution in [0.25, 0.3) is 23.1 Å². The van der Waals surface area contributed by atoms with Gasteiger partial charge in [0.25, 0.3) is 0 Å². The number of anilines is 2. The second kappa shape index (κ2) is 8.70. The van der Waals surface area contributed by atoms with E-state index < -0.39 is 0 Å². The predicted molar refractivity (Wildman–Crippen MR) is 131 cm³/mol. The van der Waals surface area contributed by atoms with Crippen LogP contribution in [0.15, 0.2) is 61.1 Å². The molecule has 5 heteroatoms. The number of nitriles is 1. The molecule has 0 spiro atoms. The molecule has 0 bridgehead atoms. The summed E-state index contributed by atoms with van der Waals surface area (Å²) in [6, 6.07) is 17.1. The van der Waals surface area contributed by atoms with E-state index in [1.807, 2.05) is 18.3 Å². The van der Waals surface area contributed by atoms with Crippen molar-refractivity contribution in [3.05, 3.63) is 88.9 Å². The molecule has 32 heavy (non-hydrogen) atoms. The lowest BCUT2D eigenvalue weighted by Crippen LogP contribution is -2.36. The molecule has 0 unspecified atom stereocenters. The highest BCUT2D eigenvalue weighted by molar-refractivity contribution is 5.90. The van der Waals surface area contributed by atoms with Crippen LogP contribution in [0.1, 0.15) is 34.2 Å². The molecule has 158 valence electrons. The quantitative estimate of drug-likeness (QED) is 0.411. The summed E-state index contributed by atoms with van der Waals surface area (Å²) >= 11 is 0. The number of pyridine rings is 1. The third-order valence-electron chi connectivity index (χ3n) is 6.15. The minimum Gasteiger partial charge on any atom is -0.361 e. The van der Waals surface area contributed by atoms with Gasteiger partial charge in [0.2, 0.25) is 0 Å². The van der Waals surface area contributed by atoms with Gasteiger partial charge in [0.1, 0.15) is 6.07 Å². The van der Waals surface area contributed by atoms with Gasteiger partial charge in [-0.1, -0.05) is 36.4 Å². The molecule has 0 amide bonds. The second-order valence-electron chi connectivity index (χ2n) is 8.27. The summed E-state index contributed by atoms with van der Waals surface area (Å²) in [5.74, 6) is 0. The van der Waals surface area contributed by atoms with Crippen molar-refractivity contribution in [2.75, 3.05) is 18.4 Å². The van der Waals surface area contributed by atoms with Crippen LogP contribution in [-0.4, -0.2) is 28.0 Å². The number of aryl methyl sites for hydroxylation is 1. The smallest absolute Gasteiger partial charge is 0.103 e. The first kappa shape index (κ1) is 20.0. The molecular formula is C27H25N5. The number of H-pyrrole nitrogens is 1. The van der Waals surface area contributed by atoms with Gasteiger partial charge in [0, 0.05) is 47.3 Å². The first-order valence-corrected chi connectivity index (χ1v) is 10.9. The molecule has 2 aromatic carbocycles. The number of hydrogen-bond acceptors (Lipinski definition) is 4. The second-order valence-corrected chi connectivity index (χ2v) is 8.27. The lowest BCUT2D eigenvalue weighted by atomic mass is 10.1. The van der Waals surface area contributed by atoms with Crippen molar-refractivity contribution in [3.63, 3.8) is 0 Å². The summed E-state index contributed by atoms with van der Waals surface area (Å²) in [7, 11) is 0. The van der Waals surface area contributed by atoms with Gasteiger partial charge in [-0.25, -0.2) is 0 Å². The molecule has 4 aromatic rings. The number of likely N-dealkylation sites (tertiary alicyclic amines) is 1. The zero-order valence-corrected chi connectivity index (χ0v) is 18.1. The van der Waals surface area contributed by atoms with E-state index in [-0.39, 0.29) is 0 Å². The lowest BCUT2D eigenvalue weighted by molar-refractivity contribution is 0.172. The summed E-state index contributed by atoms with van der Waals surface area (Å²) < 4.78 is 0. The summed E-state index contributed by atoms with van der Waals surface area (Å²) in [6.07, 6.45) is 10.7. The molecule has 1 saturated heterocycles. The number of nitrogens with zero attached hydrogens (tertiary/aromatic N) is 3. The first-order chi connectivity index (χ1) is 15.7. The molecule has 5 nitrogen and oxygen atoms in total. The zero-order chi connectivity index (χ0) is 21.9. The van der Waals surface area contributed by atoms with Crippen LogP contribution < -0.4 is 5.32 Å². The van der Waals surface area contributed by atoms with Crippen molar-refractivity contribution in [2.24, 2.45) is 0 Å². The predicted octanol–water partition coefficient (Wildman–Crippen LogP) is 5.86. The number of hydrogen-bond donors (Lipinski definition) is 2. The Morgan fingerprint density at radius 1 is 1.09 bits per heavy atom. The van der Waals surface area contributed by atoms with Crippen LogP contribution in [-0.2, 0) is 6.54 Å². The Morgan fingerprint density at radius 3 is 2.69 bits per heavy atom. The standard InChI is InChI=1S/C27H25N5/c1-19-24-11-12-30-26(24)10-9-25(19)31-27-22(16-29-17-23(27)15-28)8-7-20-3-5-21(6-4-20)18-32-13-2-14-32/h3-12,16-17,30H,2,13-14,18H2,1H3,(H,29,31). The Kier molecular flexibility index (Phi) is 5.45. The maximum Gasteiger partial charge on any atom is 0.103 e. The van der Waals surface area contributed by atoms with Gasteiger partial charge < -0.3 is 10.3 Å². The number of nitrogens with one attached hydrogen (secondary N) is 2. The van der Waals surface area contributed by atoms with E-state index in [1.54, 1.807) is 12.4 Å². The summed E-state index contributed by atoms with van der Waals surface area (Å²) in [4.78, 5) is 9.97. The largest absolute Gasteiger partial charge is 0.361 e. The van der Waals surface area contributed by atoms with Crippen LogP contribution in [0, 0.1) is 18.3 Å². The fourth-order valence-electron chi connectivity index (χ4n) is 4.10. The Hall–Kier alpha value is -3.88. The maximum atomic E-state index is 9.68. The van der Waals surface area contributed by atoms with Gasteiger partial charge in [-0.05, 0) is 61.3 Å². The van der Waals surface area contributed by atoms with Crippen LogP contribution in [0.4, 0.5) is 11.4 Å². The number of aromatic amines is 1. The van der Waals surface area contributed by atoms with Crippen molar-refractivity contribution in [1.29, 1.82) is 5.26 Å². The maximum absolute atomic E-state index is 9.68. The van der Waals surface area contributed by atoms with E-state index in [9.17, 15) is 5.26 Å². The molecule has 2 aromatic heterocycles. The molecule has 3 heterocycles. The first-order valence-electron chi connectivity index (χ1n) is 10.9. The lowest BCUT2D eigenvalue weighted by Gasteiger charge is -2.30. The Bertz CT molecular complexity index is 1320. The number of rotatable bonds is 6. The van der Waals surface area contributed by atoms with Gasteiger partial charge >= 0.3 is 0 Å². The van der Waals surface area contributed by atoms with E-state index in [1.165, 1.54) is 25.1 Å². The Balaban J connectivity index is 1.41. The fraction of sp³-hybridized carbons (Fsp3) is 0.185. The number of benzene rings is 2. The normalized spacial score (nSPS) is 13.9. The van der Waals surface area contributed by atoms with E-state index in [0.717, 1.165) is 45.5 Å². The average Bonchev–Trinajstić information content (AvgIpc) is 3.28. The summed E-state index contributed by atoms with van der Waals surface area (Å²) in [5.41, 5.74) is 7.84. The molecule has 1 aliphatic heterocycles. The van der Waals surface area contributed by atoms with Crippen LogP contribution in [0.3, 0.4) is 0 Å². The average molecular weight is 420 g/mol. The molecule has 1 fully saturated rings. The van der Waals surface area contributed by atoms with Gasteiger partial charge in [0.15, 0.2) is 0 Å². The molecule has 0 radical (unpaired) electrons. The topological polar surface area (TPSA) is 67.7 Å². The van der Waals surface area contributed by atoms with Gasteiger partial charge in [-0.3, -0.25) is 9.88 Å². The highest BCUT2D eigenvalue weighted by atomic mass is 15.2. The van der Waals surface area contributed by atoms with Crippen molar-refractivity contribution in [2.45, 2.75) is 19.9 Å². The van der Waals surface area contributed by atoms with E-state index >= 15 is 0 Å². The van der Waals surface area contributed by atoms with E-state index in [2.05, 4.69) is 75.7 Å². The van der Waals surface area contributed by atoms with Crippen molar-refractivity contribution < 1.29 is 0 Å².